The topological polar surface area (TPSA) is 82.8 Å². The van der Waals surface area contributed by atoms with E-state index in [0.717, 1.165) is 12.8 Å². The molecule has 1 fully saturated rings. The van der Waals surface area contributed by atoms with E-state index in [4.69, 9.17) is 10.2 Å². The Morgan fingerprint density at radius 2 is 2.17 bits per heavy atom. The molecule has 0 aromatic carbocycles. The van der Waals surface area contributed by atoms with Gasteiger partial charge in [0, 0.05) is 18.8 Å². The zero-order valence-corrected chi connectivity index (χ0v) is 9.95. The highest BCUT2D eigenvalue weighted by Gasteiger charge is 2.32. The van der Waals surface area contributed by atoms with E-state index in [1.165, 1.54) is 10.6 Å². The summed E-state index contributed by atoms with van der Waals surface area (Å²) >= 11 is 0. The molecule has 2 N–H and O–H groups in total. The molecule has 98 valence electrons. The summed E-state index contributed by atoms with van der Waals surface area (Å²) in [5, 5.41) is 17.9. The third-order valence-corrected chi connectivity index (χ3v) is 3.00. The molecule has 18 heavy (non-hydrogen) atoms. The molecule has 1 aliphatic rings. The van der Waals surface area contributed by atoms with Crippen LogP contribution < -0.4 is 0 Å². The quantitative estimate of drug-likeness (QED) is 0.756. The second-order valence-electron chi connectivity index (χ2n) is 4.37. The summed E-state index contributed by atoms with van der Waals surface area (Å²) in [5.41, 5.74) is 0.100. The number of nitrogens with zero attached hydrogens (tertiary/aromatic N) is 2. The zero-order valence-electron chi connectivity index (χ0n) is 9.95. The Bertz CT molecular complexity index is 451. The molecular formula is C12H16N2O4. The van der Waals surface area contributed by atoms with Gasteiger partial charge in [0.15, 0.2) is 0 Å². The van der Waals surface area contributed by atoms with E-state index < -0.39 is 5.97 Å². The first-order valence-electron chi connectivity index (χ1n) is 5.92. The van der Waals surface area contributed by atoms with Crippen LogP contribution in [0.15, 0.2) is 18.3 Å². The molecule has 1 aromatic heterocycles. The van der Waals surface area contributed by atoms with Crippen molar-refractivity contribution >= 4 is 11.9 Å². The Labute approximate surface area is 104 Å². The Morgan fingerprint density at radius 3 is 2.72 bits per heavy atom. The van der Waals surface area contributed by atoms with Crippen LogP contribution >= 0.6 is 0 Å². The minimum Gasteiger partial charge on any atom is -0.477 e. The Hall–Kier alpha value is -1.82. The van der Waals surface area contributed by atoms with Crippen LogP contribution in [-0.4, -0.2) is 50.8 Å². The number of aromatic carboxylic acids is 1. The highest BCUT2D eigenvalue weighted by atomic mass is 16.4. The van der Waals surface area contributed by atoms with E-state index in [-0.39, 0.29) is 30.8 Å². The van der Waals surface area contributed by atoms with Gasteiger partial charge in [0.2, 0.25) is 5.91 Å². The normalized spacial score (nSPS) is 14.5. The fourth-order valence-corrected chi connectivity index (χ4v) is 1.99. The number of aliphatic hydroxyl groups excluding tert-OH is 1. The van der Waals surface area contributed by atoms with Gasteiger partial charge in [-0.25, -0.2) is 4.79 Å². The average molecular weight is 252 g/mol. The number of aromatic nitrogens is 1. The maximum atomic E-state index is 12.1. The summed E-state index contributed by atoms with van der Waals surface area (Å²) in [6, 6.07) is 3.28. The molecule has 1 aromatic rings. The molecule has 0 bridgehead atoms. The molecule has 1 saturated carbocycles. The molecule has 2 rings (SSSR count). The van der Waals surface area contributed by atoms with Crippen molar-refractivity contribution in [2.75, 3.05) is 13.2 Å². The van der Waals surface area contributed by atoms with E-state index >= 15 is 0 Å². The smallest absolute Gasteiger partial charge is 0.352 e. The van der Waals surface area contributed by atoms with E-state index in [2.05, 4.69) is 0 Å². The van der Waals surface area contributed by atoms with Gasteiger partial charge >= 0.3 is 5.97 Å². The molecule has 6 nitrogen and oxygen atoms in total. The van der Waals surface area contributed by atoms with Gasteiger partial charge in [0.05, 0.1) is 6.61 Å². The lowest BCUT2D eigenvalue weighted by Crippen LogP contribution is -2.38. The van der Waals surface area contributed by atoms with E-state index in [1.54, 1.807) is 17.2 Å². The van der Waals surface area contributed by atoms with Crippen LogP contribution in [0.25, 0.3) is 0 Å². The second kappa shape index (κ2) is 5.22. The van der Waals surface area contributed by atoms with Crippen molar-refractivity contribution in [2.24, 2.45) is 0 Å². The molecule has 1 amide bonds. The first kappa shape index (κ1) is 12.6. The monoisotopic (exact) mass is 252 g/mol. The van der Waals surface area contributed by atoms with Crippen molar-refractivity contribution in [3.63, 3.8) is 0 Å². The molecule has 0 spiro atoms. The Balaban J connectivity index is 2.05. The summed E-state index contributed by atoms with van der Waals surface area (Å²) in [6.45, 7) is 0.248. The van der Waals surface area contributed by atoms with Gasteiger partial charge in [-0.05, 0) is 25.0 Å². The van der Waals surface area contributed by atoms with Crippen LogP contribution in [0.1, 0.15) is 23.3 Å². The van der Waals surface area contributed by atoms with Gasteiger partial charge in [0.25, 0.3) is 0 Å². The molecule has 1 heterocycles. The summed E-state index contributed by atoms with van der Waals surface area (Å²) < 4.78 is 1.41. The highest BCUT2D eigenvalue weighted by Crippen LogP contribution is 2.26. The first-order valence-corrected chi connectivity index (χ1v) is 5.92. The number of hydrogen-bond acceptors (Lipinski definition) is 3. The predicted octanol–water partition coefficient (Wildman–Crippen LogP) is 0.170. The maximum absolute atomic E-state index is 12.1. The largest absolute Gasteiger partial charge is 0.477 e. The van der Waals surface area contributed by atoms with Crippen LogP contribution in [0.4, 0.5) is 0 Å². The molecule has 1 aliphatic carbocycles. The van der Waals surface area contributed by atoms with Crippen molar-refractivity contribution < 1.29 is 19.8 Å². The minimum absolute atomic E-state index is 0.00509. The molecule has 0 aliphatic heterocycles. The fourth-order valence-electron chi connectivity index (χ4n) is 1.99. The zero-order chi connectivity index (χ0) is 13.1. The number of carbonyl (C=O) groups excluding carboxylic acids is 1. The third-order valence-electron chi connectivity index (χ3n) is 3.00. The third kappa shape index (κ3) is 2.70. The number of carboxylic acid groups (broad SMARTS) is 1. The van der Waals surface area contributed by atoms with Crippen molar-refractivity contribution in [2.45, 2.75) is 25.4 Å². The molecule has 0 radical (unpaired) electrons. The SMILES string of the molecule is O=C(O)c1cccn1CC(=O)N(CCO)C1CC1. The lowest BCUT2D eigenvalue weighted by molar-refractivity contribution is -0.132. The Kier molecular flexibility index (Phi) is 3.66. The van der Waals surface area contributed by atoms with Crippen molar-refractivity contribution in [1.82, 2.24) is 9.47 Å². The minimum atomic E-state index is -1.05. The number of hydrogen-bond donors (Lipinski definition) is 2. The van der Waals surface area contributed by atoms with Crippen molar-refractivity contribution in [3.05, 3.63) is 24.0 Å². The fraction of sp³-hybridized carbons (Fsp3) is 0.500. The molecule has 6 heteroatoms. The standard InChI is InChI=1S/C12H16N2O4/c15-7-6-14(9-3-4-9)11(16)8-13-5-1-2-10(13)12(17)18/h1-2,5,9,15H,3-4,6-8H2,(H,17,18). The van der Waals surface area contributed by atoms with Crippen molar-refractivity contribution in [1.29, 1.82) is 0 Å². The summed E-state index contributed by atoms with van der Waals surface area (Å²) in [6.07, 6.45) is 3.50. The second-order valence-corrected chi connectivity index (χ2v) is 4.37. The van der Waals surface area contributed by atoms with E-state index in [9.17, 15) is 9.59 Å². The Morgan fingerprint density at radius 1 is 1.44 bits per heavy atom. The van der Waals surface area contributed by atoms with Gasteiger partial charge in [-0.1, -0.05) is 0 Å². The highest BCUT2D eigenvalue weighted by molar-refractivity contribution is 5.87. The van der Waals surface area contributed by atoms with Crippen LogP contribution in [-0.2, 0) is 11.3 Å². The van der Waals surface area contributed by atoms with E-state index in [1.807, 2.05) is 0 Å². The van der Waals surface area contributed by atoms with E-state index in [0.29, 0.717) is 6.54 Å². The number of rotatable bonds is 6. The molecular weight excluding hydrogens is 236 g/mol. The number of aliphatic hydroxyl groups is 1. The molecule has 0 unspecified atom stereocenters. The summed E-state index contributed by atoms with van der Waals surface area (Å²) in [7, 11) is 0. The number of carbonyl (C=O) groups is 2. The van der Waals surface area contributed by atoms with Crippen molar-refractivity contribution in [3.8, 4) is 0 Å². The average Bonchev–Trinajstić information content (AvgIpc) is 3.05. The van der Waals surface area contributed by atoms with Gasteiger partial charge in [0.1, 0.15) is 12.2 Å². The van der Waals surface area contributed by atoms with Crippen LogP contribution in [0.2, 0.25) is 0 Å². The summed E-state index contributed by atoms with van der Waals surface area (Å²) in [5.74, 6) is -1.20. The van der Waals surface area contributed by atoms with Crippen LogP contribution in [0.3, 0.4) is 0 Å². The molecule has 0 saturated heterocycles. The van der Waals surface area contributed by atoms with Gasteiger partial charge in [-0.3, -0.25) is 4.79 Å². The lowest BCUT2D eigenvalue weighted by Gasteiger charge is -2.21. The maximum Gasteiger partial charge on any atom is 0.352 e. The number of amides is 1. The first-order chi connectivity index (χ1) is 8.63. The predicted molar refractivity (Wildman–Crippen MR) is 63.2 cm³/mol. The van der Waals surface area contributed by atoms with Gasteiger partial charge < -0.3 is 19.7 Å². The van der Waals surface area contributed by atoms with Crippen LogP contribution in [0.5, 0.6) is 0 Å². The molecule has 0 atom stereocenters. The van der Waals surface area contributed by atoms with Gasteiger partial charge in [-0.2, -0.15) is 0 Å². The lowest BCUT2D eigenvalue weighted by atomic mass is 10.4. The summed E-state index contributed by atoms with van der Waals surface area (Å²) in [4.78, 5) is 24.6. The van der Waals surface area contributed by atoms with Crippen LogP contribution in [0, 0.1) is 0 Å². The van der Waals surface area contributed by atoms with Gasteiger partial charge in [-0.15, -0.1) is 0 Å². The number of carboxylic acids is 1.